The van der Waals surface area contributed by atoms with Crippen LogP contribution in [0.1, 0.15) is 5.56 Å². The molecule has 0 bridgehead atoms. The summed E-state index contributed by atoms with van der Waals surface area (Å²) in [6.45, 7) is 2.07. The van der Waals surface area contributed by atoms with Crippen LogP contribution in [0.5, 0.6) is 5.75 Å². The van der Waals surface area contributed by atoms with Gasteiger partial charge < -0.3 is 4.74 Å². The zero-order chi connectivity index (χ0) is 11.7. The number of hydrogen-bond acceptors (Lipinski definition) is 2. The summed E-state index contributed by atoms with van der Waals surface area (Å²) < 4.78 is 5.15. The van der Waals surface area contributed by atoms with Crippen LogP contribution in [0.25, 0.3) is 0 Å². The first-order valence-electron chi connectivity index (χ1n) is 5.10. The highest BCUT2D eigenvalue weighted by atomic mass is 31.1. The van der Waals surface area contributed by atoms with Crippen molar-refractivity contribution in [2.24, 2.45) is 0 Å². The Bertz CT molecular complexity index is 456. The molecule has 1 aromatic rings. The van der Waals surface area contributed by atoms with Crippen LogP contribution in [0, 0.1) is 0 Å². The van der Waals surface area contributed by atoms with Crippen LogP contribution in [0.4, 0.5) is 5.69 Å². The van der Waals surface area contributed by atoms with Crippen LogP contribution in [0.15, 0.2) is 18.2 Å². The van der Waals surface area contributed by atoms with Crippen molar-refractivity contribution in [1.29, 1.82) is 0 Å². The molecule has 4 heteroatoms. The Hall–Kier alpha value is -1.34. The number of methoxy groups -OCH3 is 1. The van der Waals surface area contributed by atoms with Gasteiger partial charge in [0.25, 0.3) is 0 Å². The fourth-order valence-electron chi connectivity index (χ4n) is 1.88. The number of rotatable bonds is 3. The Balaban J connectivity index is 2.34. The highest BCUT2D eigenvalue weighted by Crippen LogP contribution is 2.34. The largest absolute Gasteiger partial charge is 0.497 e. The molecule has 16 heavy (non-hydrogen) atoms. The Kier molecular flexibility index (Phi) is 2.97. The van der Waals surface area contributed by atoms with Crippen LogP contribution in [0.2, 0.25) is 0 Å². The number of carbonyl (C=O) groups excluding carboxylic acids is 1. The summed E-state index contributed by atoms with van der Waals surface area (Å²) in [4.78, 5) is 13.7. The van der Waals surface area contributed by atoms with Gasteiger partial charge in [-0.3, -0.25) is 9.69 Å². The van der Waals surface area contributed by atoms with Gasteiger partial charge in [-0.25, -0.2) is 0 Å². The molecule has 1 aromatic carbocycles. The summed E-state index contributed by atoms with van der Waals surface area (Å²) in [5.74, 6) is 0.975. The molecule has 3 nitrogen and oxygen atoms in total. The van der Waals surface area contributed by atoms with E-state index in [1.165, 1.54) is 0 Å². The molecular weight excluding hydrogens is 221 g/mol. The van der Waals surface area contributed by atoms with E-state index in [0.29, 0.717) is 6.42 Å². The second-order valence-electron chi connectivity index (χ2n) is 3.99. The molecule has 0 N–H and O–H groups in total. The van der Waals surface area contributed by atoms with Gasteiger partial charge in [0.2, 0.25) is 5.91 Å². The topological polar surface area (TPSA) is 29.5 Å². The Morgan fingerprint density at radius 1 is 1.56 bits per heavy atom. The molecule has 1 unspecified atom stereocenters. The van der Waals surface area contributed by atoms with E-state index in [4.69, 9.17) is 4.74 Å². The second kappa shape index (κ2) is 4.26. The normalized spacial score (nSPS) is 15.0. The quantitative estimate of drug-likeness (QED) is 0.752. The molecule has 2 rings (SSSR count). The second-order valence-corrected chi connectivity index (χ2v) is 5.99. The molecule has 0 radical (unpaired) electrons. The number of nitrogens with zero attached hydrogens (tertiary/aromatic N) is 1. The van der Waals surface area contributed by atoms with Crippen LogP contribution in [0.3, 0.4) is 0 Å². The average molecular weight is 236 g/mol. The third-order valence-corrected chi connectivity index (χ3v) is 3.37. The van der Waals surface area contributed by atoms with E-state index in [9.17, 15) is 4.79 Å². The van der Waals surface area contributed by atoms with E-state index in [1.807, 2.05) is 23.1 Å². The minimum atomic E-state index is -0.350. The van der Waals surface area contributed by atoms with Gasteiger partial charge in [0, 0.05) is 0 Å². The third-order valence-electron chi connectivity index (χ3n) is 2.60. The van der Waals surface area contributed by atoms with Gasteiger partial charge in [0.05, 0.1) is 32.2 Å². The first-order chi connectivity index (χ1) is 7.61. The zero-order valence-electron chi connectivity index (χ0n) is 9.56. The molecule has 0 saturated heterocycles. The minimum absolute atomic E-state index is 0.168. The molecule has 1 aliphatic rings. The van der Waals surface area contributed by atoms with Gasteiger partial charge >= 0.3 is 0 Å². The highest BCUT2D eigenvalue weighted by molar-refractivity contribution is 7.55. The smallest absolute Gasteiger partial charge is 0.234 e. The summed E-state index contributed by atoms with van der Waals surface area (Å²) in [5, 5.41) is 0. The molecule has 0 fully saturated rings. The SMILES string of the molecule is C=[P+](C)CN1C(=O)Cc2cc(OC)ccc21. The zero-order valence-corrected chi connectivity index (χ0v) is 10.5. The Morgan fingerprint density at radius 3 is 2.94 bits per heavy atom. The number of anilines is 1. The van der Waals surface area contributed by atoms with E-state index in [2.05, 4.69) is 13.0 Å². The van der Waals surface area contributed by atoms with Crippen LogP contribution < -0.4 is 9.64 Å². The number of carbonyl (C=O) groups is 1. The predicted molar refractivity (Wildman–Crippen MR) is 69.0 cm³/mol. The predicted octanol–water partition coefficient (Wildman–Crippen LogP) is 2.09. The first-order valence-corrected chi connectivity index (χ1v) is 7.26. The van der Waals surface area contributed by atoms with Crippen molar-refractivity contribution in [3.8, 4) is 5.75 Å². The van der Waals surface area contributed by atoms with Gasteiger partial charge in [-0.05, 0) is 23.8 Å². The summed E-state index contributed by atoms with van der Waals surface area (Å²) in [6.07, 6.45) is 5.21. The molecule has 1 aliphatic heterocycles. The van der Waals surface area contributed by atoms with Gasteiger partial charge in [0.1, 0.15) is 13.3 Å². The van der Waals surface area contributed by atoms with Crippen LogP contribution in [-0.2, 0) is 11.2 Å². The first kappa shape index (κ1) is 11.2. The van der Waals surface area contributed by atoms with Gasteiger partial charge in [-0.15, -0.1) is 0 Å². The van der Waals surface area contributed by atoms with Gasteiger partial charge in [-0.1, -0.05) is 0 Å². The van der Waals surface area contributed by atoms with Crippen molar-refractivity contribution in [3.05, 3.63) is 23.8 Å². The maximum absolute atomic E-state index is 11.8. The molecule has 0 spiro atoms. The summed E-state index contributed by atoms with van der Waals surface area (Å²) in [7, 11) is 1.29. The fraction of sp³-hybridized carbons (Fsp3) is 0.333. The molecular formula is C12H15NO2P+. The van der Waals surface area contributed by atoms with Crippen molar-refractivity contribution in [2.45, 2.75) is 6.42 Å². The maximum atomic E-state index is 11.8. The van der Waals surface area contributed by atoms with E-state index in [1.54, 1.807) is 7.11 Å². The maximum Gasteiger partial charge on any atom is 0.234 e. The van der Waals surface area contributed by atoms with Crippen LogP contribution >= 0.6 is 7.55 Å². The van der Waals surface area contributed by atoms with E-state index in [-0.39, 0.29) is 13.5 Å². The standard InChI is InChI=1S/C12H15NO2P/c1-15-10-4-5-11-9(6-10)7-12(14)13(11)8-16(2)3/h4-6H,2,7-8H2,1,3H3/q+1. The third kappa shape index (κ3) is 1.96. The molecule has 0 saturated carbocycles. The number of hydrogen-bond donors (Lipinski definition) is 0. The lowest BCUT2D eigenvalue weighted by Crippen LogP contribution is -2.25. The molecule has 1 amide bonds. The average Bonchev–Trinajstić information content (AvgIpc) is 2.54. The van der Waals surface area contributed by atoms with Crippen LogP contribution in [-0.4, -0.2) is 32.3 Å². The monoisotopic (exact) mass is 236 g/mol. The number of fused-ring (bicyclic) bond motifs is 1. The molecule has 0 aliphatic carbocycles. The van der Waals surface area contributed by atoms with Gasteiger partial charge in [0.15, 0.2) is 6.29 Å². The number of ether oxygens (including phenoxy) is 1. The fourth-order valence-corrected chi connectivity index (χ4v) is 2.68. The summed E-state index contributed by atoms with van der Waals surface area (Å²) >= 11 is 0. The molecule has 1 heterocycles. The Labute approximate surface area is 96.4 Å². The summed E-state index contributed by atoms with van der Waals surface area (Å²) in [5.41, 5.74) is 2.07. The molecule has 84 valence electrons. The highest BCUT2D eigenvalue weighted by Gasteiger charge is 2.29. The van der Waals surface area contributed by atoms with Crippen molar-refractivity contribution in [2.75, 3.05) is 25.0 Å². The molecule has 1 atom stereocenters. The summed E-state index contributed by atoms with van der Waals surface area (Å²) in [6, 6.07) is 5.79. The van der Waals surface area contributed by atoms with Crippen molar-refractivity contribution in [1.82, 2.24) is 0 Å². The lowest BCUT2D eigenvalue weighted by atomic mass is 10.1. The number of benzene rings is 1. The van der Waals surface area contributed by atoms with Crippen molar-refractivity contribution < 1.29 is 9.53 Å². The minimum Gasteiger partial charge on any atom is -0.497 e. The Morgan fingerprint density at radius 2 is 2.31 bits per heavy atom. The molecule has 0 aromatic heterocycles. The van der Waals surface area contributed by atoms with Gasteiger partial charge in [-0.2, -0.15) is 0 Å². The van der Waals surface area contributed by atoms with E-state index in [0.717, 1.165) is 23.3 Å². The number of amides is 1. The lowest BCUT2D eigenvalue weighted by Gasteiger charge is -2.12. The van der Waals surface area contributed by atoms with E-state index >= 15 is 0 Å². The van der Waals surface area contributed by atoms with Crippen molar-refractivity contribution in [3.63, 3.8) is 0 Å². The van der Waals surface area contributed by atoms with E-state index < -0.39 is 0 Å². The van der Waals surface area contributed by atoms with Crippen molar-refractivity contribution >= 4 is 25.4 Å². The lowest BCUT2D eigenvalue weighted by molar-refractivity contribution is -0.117.